The van der Waals surface area contributed by atoms with Crippen LogP contribution in [0.15, 0.2) is 0 Å². The Hall–Kier alpha value is -1.47. The van der Waals surface area contributed by atoms with Crippen LogP contribution >= 0.6 is 0 Å². The molecule has 2 N–H and O–H groups in total. The molecule has 3 atom stereocenters. The molecule has 1 aliphatic heterocycles. The normalized spacial score (nSPS) is 23.1. The largest absolute Gasteiger partial charge is 0.362 e. The monoisotopic (exact) mass is 257 g/mol. The van der Waals surface area contributed by atoms with Crippen molar-refractivity contribution in [1.82, 2.24) is 15.5 Å². The highest BCUT2D eigenvalue weighted by Crippen LogP contribution is 2.16. The molecule has 3 amide bonds. The van der Waals surface area contributed by atoms with Crippen molar-refractivity contribution in [2.24, 2.45) is 0 Å². The van der Waals surface area contributed by atoms with Gasteiger partial charge >= 0.3 is 0 Å². The maximum Gasteiger partial charge on any atom is 0.247 e. The average Bonchev–Trinajstić information content (AvgIpc) is 2.63. The molecular weight excluding hydrogens is 238 g/mol. The molecule has 1 aliphatic rings. The van der Waals surface area contributed by atoms with Crippen molar-refractivity contribution >= 4 is 17.7 Å². The lowest BCUT2D eigenvalue weighted by atomic mass is 10.2. The molecular formula is C11H19N3O4. The topological polar surface area (TPSA) is 87.7 Å². The Bertz CT molecular complexity index is 358. The fraction of sp³-hybridized carbons (Fsp3) is 0.727. The number of nitrogens with one attached hydrogen (secondary N) is 2. The van der Waals surface area contributed by atoms with Crippen molar-refractivity contribution in [3.05, 3.63) is 0 Å². The average molecular weight is 257 g/mol. The Labute approximate surface area is 106 Å². The van der Waals surface area contributed by atoms with Crippen LogP contribution in [0.4, 0.5) is 0 Å². The minimum Gasteiger partial charge on any atom is -0.362 e. The molecule has 0 bridgehead atoms. The summed E-state index contributed by atoms with van der Waals surface area (Å²) in [4.78, 5) is 36.4. The van der Waals surface area contributed by atoms with E-state index in [1.807, 2.05) is 0 Å². The van der Waals surface area contributed by atoms with Crippen LogP contribution in [0.25, 0.3) is 0 Å². The van der Waals surface area contributed by atoms with E-state index < -0.39 is 24.2 Å². The molecule has 7 heteroatoms. The van der Waals surface area contributed by atoms with E-state index in [0.29, 0.717) is 0 Å². The lowest BCUT2D eigenvalue weighted by molar-refractivity contribution is -0.147. The highest BCUT2D eigenvalue weighted by Gasteiger charge is 2.42. The number of carbonyl (C=O) groups excluding carboxylic acids is 3. The van der Waals surface area contributed by atoms with Crippen LogP contribution in [-0.2, 0) is 19.1 Å². The predicted octanol–water partition coefficient (Wildman–Crippen LogP) is -1.17. The molecule has 102 valence electrons. The molecule has 0 aromatic carbocycles. The van der Waals surface area contributed by atoms with Crippen LogP contribution in [0.1, 0.15) is 20.3 Å². The van der Waals surface area contributed by atoms with Crippen LogP contribution in [0.2, 0.25) is 0 Å². The van der Waals surface area contributed by atoms with Gasteiger partial charge in [0, 0.05) is 7.11 Å². The second-order valence-corrected chi connectivity index (χ2v) is 4.21. The number of likely N-dealkylation sites (tertiary alicyclic amines) is 1. The first-order valence-corrected chi connectivity index (χ1v) is 5.78. The number of imide groups is 1. The Balaban J connectivity index is 2.72. The van der Waals surface area contributed by atoms with Crippen molar-refractivity contribution in [2.75, 3.05) is 14.2 Å². The first-order chi connectivity index (χ1) is 8.42. The smallest absolute Gasteiger partial charge is 0.247 e. The van der Waals surface area contributed by atoms with E-state index in [1.54, 1.807) is 14.0 Å². The summed E-state index contributed by atoms with van der Waals surface area (Å²) in [6.07, 6.45) is -0.375. The third kappa shape index (κ3) is 2.85. The Morgan fingerprint density at radius 1 is 1.44 bits per heavy atom. The van der Waals surface area contributed by atoms with Crippen LogP contribution in [0.3, 0.4) is 0 Å². The van der Waals surface area contributed by atoms with E-state index in [-0.39, 0.29) is 18.2 Å². The number of hydrogen-bond donors (Lipinski definition) is 2. The molecule has 0 saturated carbocycles. The maximum atomic E-state index is 11.9. The summed E-state index contributed by atoms with van der Waals surface area (Å²) < 4.78 is 4.90. The molecule has 18 heavy (non-hydrogen) atoms. The van der Waals surface area contributed by atoms with Gasteiger partial charge in [0.2, 0.25) is 17.7 Å². The van der Waals surface area contributed by atoms with Gasteiger partial charge in [0.25, 0.3) is 0 Å². The number of methoxy groups -OCH3 is 1. The van der Waals surface area contributed by atoms with Gasteiger partial charge in [0.05, 0.1) is 12.5 Å². The summed E-state index contributed by atoms with van der Waals surface area (Å²) in [5.41, 5.74) is 0. The SMILES string of the molecule is CNC1CC(=O)N(C(C)C(=O)NC(C)OC)C1=O. The second-order valence-electron chi connectivity index (χ2n) is 4.21. The molecule has 0 aromatic heterocycles. The van der Waals surface area contributed by atoms with Gasteiger partial charge in [0.1, 0.15) is 12.3 Å². The zero-order chi connectivity index (χ0) is 13.9. The molecule has 0 aliphatic carbocycles. The highest BCUT2D eigenvalue weighted by molar-refractivity contribution is 6.08. The molecule has 0 aromatic rings. The maximum absolute atomic E-state index is 11.9. The molecule has 7 nitrogen and oxygen atoms in total. The second kappa shape index (κ2) is 5.92. The fourth-order valence-electron chi connectivity index (χ4n) is 1.78. The number of hydrogen-bond acceptors (Lipinski definition) is 5. The van der Waals surface area contributed by atoms with Gasteiger partial charge in [-0.1, -0.05) is 0 Å². The number of carbonyl (C=O) groups is 3. The number of ether oxygens (including phenoxy) is 1. The van der Waals surface area contributed by atoms with Crippen LogP contribution in [0.5, 0.6) is 0 Å². The molecule has 1 heterocycles. The van der Waals surface area contributed by atoms with E-state index in [2.05, 4.69) is 10.6 Å². The minimum absolute atomic E-state index is 0.0901. The lowest BCUT2D eigenvalue weighted by Gasteiger charge is -2.23. The van der Waals surface area contributed by atoms with Crippen LogP contribution < -0.4 is 10.6 Å². The molecule has 3 unspecified atom stereocenters. The van der Waals surface area contributed by atoms with Gasteiger partial charge in [-0.2, -0.15) is 0 Å². The van der Waals surface area contributed by atoms with E-state index in [9.17, 15) is 14.4 Å². The quantitative estimate of drug-likeness (QED) is 0.478. The van der Waals surface area contributed by atoms with Crippen molar-refractivity contribution in [3.8, 4) is 0 Å². The Morgan fingerprint density at radius 2 is 2.06 bits per heavy atom. The molecule has 1 rings (SSSR count). The third-order valence-electron chi connectivity index (χ3n) is 3.00. The van der Waals surface area contributed by atoms with Crippen molar-refractivity contribution < 1.29 is 19.1 Å². The summed E-state index contributed by atoms with van der Waals surface area (Å²) in [7, 11) is 3.07. The summed E-state index contributed by atoms with van der Waals surface area (Å²) in [6.45, 7) is 3.18. The van der Waals surface area contributed by atoms with E-state index in [4.69, 9.17) is 4.74 Å². The lowest BCUT2D eigenvalue weighted by Crippen LogP contribution is -2.51. The van der Waals surface area contributed by atoms with Crippen LogP contribution in [-0.4, -0.2) is 55.1 Å². The van der Waals surface area contributed by atoms with Crippen LogP contribution in [0, 0.1) is 0 Å². The molecule has 1 saturated heterocycles. The zero-order valence-electron chi connectivity index (χ0n) is 11.0. The Kier molecular flexibility index (Phi) is 4.80. The van der Waals surface area contributed by atoms with Crippen molar-refractivity contribution in [2.45, 2.75) is 38.6 Å². The van der Waals surface area contributed by atoms with Gasteiger partial charge in [-0.25, -0.2) is 0 Å². The Morgan fingerprint density at radius 3 is 2.50 bits per heavy atom. The molecule has 0 spiro atoms. The number of likely N-dealkylation sites (N-methyl/N-ethyl adjacent to an activating group) is 1. The van der Waals surface area contributed by atoms with Gasteiger partial charge in [-0.15, -0.1) is 0 Å². The van der Waals surface area contributed by atoms with E-state index in [1.165, 1.54) is 14.0 Å². The molecule has 1 fully saturated rings. The zero-order valence-corrected chi connectivity index (χ0v) is 11.0. The summed E-state index contributed by atoms with van der Waals surface area (Å²) in [6, 6.07) is -1.37. The summed E-state index contributed by atoms with van der Waals surface area (Å²) in [5.74, 6) is -1.12. The standard InChI is InChI=1S/C11H19N3O4/c1-6(10(16)13-7(2)18-4)14-9(15)5-8(12-3)11(14)17/h6-8,12H,5H2,1-4H3,(H,13,16). The number of nitrogens with zero attached hydrogens (tertiary/aromatic N) is 1. The van der Waals surface area contributed by atoms with Crippen molar-refractivity contribution in [3.63, 3.8) is 0 Å². The van der Waals surface area contributed by atoms with Gasteiger partial charge in [-0.05, 0) is 20.9 Å². The first-order valence-electron chi connectivity index (χ1n) is 5.78. The summed E-state index contributed by atoms with van der Waals surface area (Å²) in [5, 5.41) is 5.30. The fourth-order valence-corrected chi connectivity index (χ4v) is 1.78. The third-order valence-corrected chi connectivity index (χ3v) is 3.00. The van der Waals surface area contributed by atoms with E-state index in [0.717, 1.165) is 4.90 Å². The van der Waals surface area contributed by atoms with Gasteiger partial charge < -0.3 is 15.4 Å². The minimum atomic E-state index is -0.832. The first kappa shape index (κ1) is 14.6. The van der Waals surface area contributed by atoms with Gasteiger partial charge in [-0.3, -0.25) is 19.3 Å². The van der Waals surface area contributed by atoms with Crippen molar-refractivity contribution in [1.29, 1.82) is 0 Å². The van der Waals surface area contributed by atoms with Gasteiger partial charge in [0.15, 0.2) is 0 Å². The molecule has 0 radical (unpaired) electrons. The predicted molar refractivity (Wildman–Crippen MR) is 63.4 cm³/mol. The van der Waals surface area contributed by atoms with E-state index >= 15 is 0 Å². The number of amides is 3. The summed E-state index contributed by atoms with van der Waals surface area (Å²) >= 11 is 0. The number of rotatable bonds is 5. The highest BCUT2D eigenvalue weighted by atomic mass is 16.5.